The summed E-state index contributed by atoms with van der Waals surface area (Å²) >= 11 is 3.63. The van der Waals surface area contributed by atoms with Gasteiger partial charge in [-0.3, -0.25) is 0 Å². The predicted octanol–water partition coefficient (Wildman–Crippen LogP) is 7.58. The van der Waals surface area contributed by atoms with Gasteiger partial charge in [-0.2, -0.15) is 5.10 Å². The molecule has 5 heteroatoms. The molecule has 2 aliphatic rings. The lowest BCUT2D eigenvalue weighted by Crippen LogP contribution is -2.33. The number of hydrogen-bond donors (Lipinski definition) is 0. The number of nitrogens with zero attached hydrogens (tertiary/aromatic N) is 2. The summed E-state index contributed by atoms with van der Waals surface area (Å²) in [7, 11) is 0. The van der Waals surface area contributed by atoms with E-state index in [1.165, 1.54) is 5.56 Å². The number of hydrogen-bond acceptors (Lipinski definition) is 4. The first kappa shape index (κ1) is 21.9. The van der Waals surface area contributed by atoms with Crippen LogP contribution in [0.3, 0.4) is 0 Å². The number of hydrazone groups is 1. The Morgan fingerprint density at radius 1 is 0.943 bits per heavy atom. The monoisotopic (exact) mass is 524 g/mol. The molecule has 0 radical (unpaired) electrons. The molecule has 174 valence electrons. The summed E-state index contributed by atoms with van der Waals surface area (Å²) in [6.45, 7) is 2.65. The highest BCUT2D eigenvalue weighted by Gasteiger charge is 2.41. The normalized spacial score (nSPS) is 18.3. The van der Waals surface area contributed by atoms with E-state index >= 15 is 0 Å². The Bertz CT molecular complexity index is 1370. The van der Waals surface area contributed by atoms with Gasteiger partial charge in [0.15, 0.2) is 0 Å². The van der Waals surface area contributed by atoms with Crippen LogP contribution in [0, 0.1) is 6.92 Å². The summed E-state index contributed by atoms with van der Waals surface area (Å²) in [5, 5.41) is 7.19. The SMILES string of the molecule is Cc1ccc(C2=NN3[C@@H](c4ccc(OCc5ccccc5)cc4)Oc4ccc(Br)cc4[C@@H]3C2)cc1. The zero-order valence-corrected chi connectivity index (χ0v) is 21.0. The van der Waals surface area contributed by atoms with Crippen LogP contribution in [0.5, 0.6) is 11.5 Å². The molecule has 0 saturated heterocycles. The summed E-state index contributed by atoms with van der Waals surface area (Å²) in [6.07, 6.45) is 0.532. The van der Waals surface area contributed by atoms with Gasteiger partial charge < -0.3 is 9.47 Å². The molecule has 2 aliphatic heterocycles. The minimum Gasteiger partial charge on any atom is -0.489 e. The standard InChI is InChI=1S/C30H25BrN2O2/c1-20-7-9-22(10-8-20)27-18-28-26-17-24(31)13-16-29(26)35-30(33(28)32-27)23-11-14-25(15-12-23)34-19-21-5-3-2-4-6-21/h2-17,28,30H,18-19H2,1H3/t28-,30+/m0/s1. The van der Waals surface area contributed by atoms with Gasteiger partial charge in [-0.15, -0.1) is 0 Å². The van der Waals surface area contributed by atoms with E-state index in [2.05, 4.69) is 82.5 Å². The molecule has 0 N–H and O–H groups in total. The number of benzene rings is 4. The van der Waals surface area contributed by atoms with E-state index in [9.17, 15) is 0 Å². The van der Waals surface area contributed by atoms with E-state index in [1.807, 2.05) is 42.5 Å². The highest BCUT2D eigenvalue weighted by atomic mass is 79.9. The molecule has 0 aromatic heterocycles. The minimum atomic E-state index is -0.306. The Morgan fingerprint density at radius 2 is 1.71 bits per heavy atom. The highest BCUT2D eigenvalue weighted by molar-refractivity contribution is 9.10. The van der Waals surface area contributed by atoms with Crippen LogP contribution in [-0.4, -0.2) is 10.7 Å². The molecule has 0 unspecified atom stereocenters. The molecular formula is C30H25BrN2O2. The molecule has 0 fully saturated rings. The average Bonchev–Trinajstić information content (AvgIpc) is 3.34. The maximum atomic E-state index is 6.52. The maximum Gasteiger partial charge on any atom is 0.213 e. The van der Waals surface area contributed by atoms with Gasteiger partial charge in [0.2, 0.25) is 6.23 Å². The third kappa shape index (κ3) is 4.44. The van der Waals surface area contributed by atoms with Crippen molar-refractivity contribution in [3.05, 3.63) is 129 Å². The van der Waals surface area contributed by atoms with Gasteiger partial charge in [0, 0.05) is 22.0 Å². The predicted molar refractivity (Wildman–Crippen MR) is 142 cm³/mol. The first-order valence-electron chi connectivity index (χ1n) is 11.8. The van der Waals surface area contributed by atoms with Crippen molar-refractivity contribution in [2.24, 2.45) is 5.10 Å². The molecule has 2 atom stereocenters. The second-order valence-corrected chi connectivity index (χ2v) is 9.92. The maximum absolute atomic E-state index is 6.52. The second-order valence-electron chi connectivity index (χ2n) is 9.01. The molecule has 35 heavy (non-hydrogen) atoms. The highest BCUT2D eigenvalue weighted by Crippen LogP contribution is 2.48. The Hall–Kier alpha value is -3.57. The van der Waals surface area contributed by atoms with Crippen LogP contribution < -0.4 is 9.47 Å². The number of rotatable bonds is 5. The topological polar surface area (TPSA) is 34.1 Å². The molecular weight excluding hydrogens is 500 g/mol. The van der Waals surface area contributed by atoms with E-state index in [1.54, 1.807) is 0 Å². The summed E-state index contributed by atoms with van der Waals surface area (Å²) in [5.74, 6) is 1.74. The van der Waals surface area contributed by atoms with Crippen LogP contribution in [-0.2, 0) is 6.61 Å². The van der Waals surface area contributed by atoms with E-state index in [0.29, 0.717) is 6.61 Å². The average molecular weight is 525 g/mol. The summed E-state index contributed by atoms with van der Waals surface area (Å²) < 4.78 is 13.5. The molecule has 4 aromatic rings. The molecule has 0 amide bonds. The van der Waals surface area contributed by atoms with Crippen LogP contribution in [0.1, 0.15) is 46.5 Å². The van der Waals surface area contributed by atoms with Gasteiger partial charge in [0.25, 0.3) is 0 Å². The van der Waals surface area contributed by atoms with Gasteiger partial charge in [-0.1, -0.05) is 76.1 Å². The smallest absolute Gasteiger partial charge is 0.213 e. The summed E-state index contributed by atoms with van der Waals surface area (Å²) in [5.41, 5.74) is 6.83. The molecule has 0 aliphatic carbocycles. The van der Waals surface area contributed by atoms with Crippen LogP contribution in [0.25, 0.3) is 0 Å². The summed E-state index contributed by atoms with van der Waals surface area (Å²) in [6, 6.07) is 33.3. The Labute approximate surface area is 214 Å². The van der Waals surface area contributed by atoms with Gasteiger partial charge in [-0.25, -0.2) is 5.01 Å². The fourth-order valence-electron chi connectivity index (χ4n) is 4.67. The van der Waals surface area contributed by atoms with Gasteiger partial charge >= 0.3 is 0 Å². The van der Waals surface area contributed by atoms with Crippen molar-refractivity contribution < 1.29 is 9.47 Å². The van der Waals surface area contributed by atoms with E-state index in [-0.39, 0.29) is 12.3 Å². The molecule has 4 nitrogen and oxygen atoms in total. The Morgan fingerprint density at radius 3 is 2.49 bits per heavy atom. The summed E-state index contributed by atoms with van der Waals surface area (Å²) in [4.78, 5) is 0. The van der Waals surface area contributed by atoms with Crippen LogP contribution in [0.4, 0.5) is 0 Å². The van der Waals surface area contributed by atoms with Crippen LogP contribution in [0.2, 0.25) is 0 Å². The lowest BCUT2D eigenvalue weighted by molar-refractivity contribution is -0.0191. The Kier molecular flexibility index (Phi) is 5.78. The Balaban J connectivity index is 1.29. The van der Waals surface area contributed by atoms with Crippen LogP contribution in [0.15, 0.2) is 107 Å². The lowest BCUT2D eigenvalue weighted by Gasteiger charge is -2.38. The molecule has 0 bridgehead atoms. The van der Waals surface area contributed by atoms with Crippen molar-refractivity contribution in [1.82, 2.24) is 5.01 Å². The third-order valence-electron chi connectivity index (χ3n) is 6.55. The van der Waals surface area contributed by atoms with Crippen molar-refractivity contribution in [3.63, 3.8) is 0 Å². The largest absolute Gasteiger partial charge is 0.489 e. The molecule has 6 rings (SSSR count). The fraction of sp³-hybridized carbons (Fsp3) is 0.167. The van der Waals surface area contributed by atoms with Crippen molar-refractivity contribution in [2.75, 3.05) is 0 Å². The zero-order chi connectivity index (χ0) is 23.8. The number of halogens is 1. The minimum absolute atomic E-state index is 0.117. The third-order valence-corrected chi connectivity index (χ3v) is 7.04. The molecule has 4 aromatic carbocycles. The number of ether oxygens (including phenoxy) is 2. The lowest BCUT2D eigenvalue weighted by atomic mass is 9.95. The van der Waals surface area contributed by atoms with Crippen molar-refractivity contribution in [1.29, 1.82) is 0 Å². The molecule has 0 spiro atoms. The van der Waals surface area contributed by atoms with Gasteiger partial charge in [-0.05, 0) is 60.5 Å². The van der Waals surface area contributed by atoms with E-state index in [4.69, 9.17) is 14.6 Å². The zero-order valence-electron chi connectivity index (χ0n) is 19.4. The van der Waals surface area contributed by atoms with E-state index in [0.717, 1.165) is 50.4 Å². The van der Waals surface area contributed by atoms with E-state index < -0.39 is 0 Å². The van der Waals surface area contributed by atoms with Gasteiger partial charge in [0.1, 0.15) is 18.1 Å². The second kappa shape index (κ2) is 9.23. The van der Waals surface area contributed by atoms with Crippen molar-refractivity contribution in [3.8, 4) is 11.5 Å². The van der Waals surface area contributed by atoms with Crippen molar-refractivity contribution in [2.45, 2.75) is 32.2 Å². The molecule has 0 saturated carbocycles. The first-order valence-corrected chi connectivity index (χ1v) is 12.6. The van der Waals surface area contributed by atoms with Crippen LogP contribution >= 0.6 is 15.9 Å². The fourth-order valence-corrected chi connectivity index (χ4v) is 5.05. The molecule has 2 heterocycles. The van der Waals surface area contributed by atoms with Gasteiger partial charge in [0.05, 0.1) is 11.8 Å². The first-order chi connectivity index (χ1) is 17.1. The number of aryl methyl sites for hydroxylation is 1. The quantitative estimate of drug-likeness (QED) is 0.269. The number of fused-ring (bicyclic) bond motifs is 3. The van der Waals surface area contributed by atoms with Crippen molar-refractivity contribution >= 4 is 21.6 Å².